The maximum Gasteiger partial charge on any atom is 0.319 e. The number of urea groups is 1. The lowest BCUT2D eigenvalue weighted by Crippen LogP contribution is -2.32. The Balaban J connectivity index is 1.21. The van der Waals surface area contributed by atoms with Crippen molar-refractivity contribution in [3.63, 3.8) is 0 Å². The molecule has 1 aromatic heterocycles. The van der Waals surface area contributed by atoms with Gasteiger partial charge in [-0.05, 0) is 42.5 Å². The topological polar surface area (TPSA) is 94.6 Å². The summed E-state index contributed by atoms with van der Waals surface area (Å²) in [7, 11) is 0. The zero-order valence-corrected chi connectivity index (χ0v) is 15.9. The number of amides is 2. The van der Waals surface area contributed by atoms with Crippen molar-refractivity contribution in [1.82, 2.24) is 15.5 Å². The van der Waals surface area contributed by atoms with Crippen LogP contribution in [0.5, 0.6) is 17.4 Å². The lowest BCUT2D eigenvalue weighted by molar-refractivity contribution is 0.171. The highest BCUT2D eigenvalue weighted by Crippen LogP contribution is 2.32. The summed E-state index contributed by atoms with van der Waals surface area (Å²) in [4.78, 5) is 12.0. The summed E-state index contributed by atoms with van der Waals surface area (Å²) in [6, 6.07) is 14.2. The maximum atomic E-state index is 13.0. The molecule has 0 bridgehead atoms. The quantitative estimate of drug-likeness (QED) is 0.606. The minimum Gasteiger partial charge on any atom is -0.486 e. The van der Waals surface area contributed by atoms with Crippen molar-refractivity contribution in [2.45, 2.75) is 0 Å². The molecule has 0 fully saturated rings. The Bertz CT molecular complexity index is 1010. The third kappa shape index (κ3) is 4.93. The summed E-state index contributed by atoms with van der Waals surface area (Å²) in [6.07, 6.45) is 0. The number of rotatable bonds is 6. The molecule has 154 valence electrons. The lowest BCUT2D eigenvalue weighted by Gasteiger charge is -2.19. The summed E-state index contributed by atoms with van der Waals surface area (Å²) >= 11 is 0. The molecule has 0 atom stereocenters. The maximum absolute atomic E-state index is 13.0. The number of benzene rings is 2. The number of nitrogens with one attached hydrogen (secondary N) is 2. The van der Waals surface area contributed by atoms with Crippen molar-refractivity contribution < 1.29 is 23.4 Å². The Morgan fingerprint density at radius 1 is 1.00 bits per heavy atom. The van der Waals surface area contributed by atoms with Gasteiger partial charge in [-0.1, -0.05) is 0 Å². The standard InChI is InChI=1S/C21H19FN4O4/c22-15-3-1-14(2-4-15)17-6-8-20(26-25-17)30-10-9-23-21(27)24-16-5-7-18-19(13-16)29-12-11-28-18/h1-8,13H,9-12H2,(H2,23,24,27). The van der Waals surface area contributed by atoms with Crippen molar-refractivity contribution in [2.24, 2.45) is 0 Å². The van der Waals surface area contributed by atoms with Crippen LogP contribution in [0.1, 0.15) is 0 Å². The van der Waals surface area contributed by atoms with E-state index in [1.165, 1.54) is 12.1 Å². The van der Waals surface area contributed by atoms with Crippen molar-refractivity contribution in [3.05, 3.63) is 60.4 Å². The average molecular weight is 410 g/mol. The van der Waals surface area contributed by atoms with E-state index in [1.54, 1.807) is 42.5 Å². The van der Waals surface area contributed by atoms with Gasteiger partial charge in [-0.15, -0.1) is 10.2 Å². The van der Waals surface area contributed by atoms with Gasteiger partial charge in [0, 0.05) is 23.4 Å². The number of aromatic nitrogens is 2. The average Bonchev–Trinajstić information content (AvgIpc) is 2.78. The number of hydrogen-bond acceptors (Lipinski definition) is 6. The summed E-state index contributed by atoms with van der Waals surface area (Å²) < 4.78 is 29.4. The van der Waals surface area contributed by atoms with Gasteiger partial charge in [0.05, 0.1) is 12.2 Å². The number of carbonyl (C=O) groups excluding carboxylic acids is 1. The van der Waals surface area contributed by atoms with Gasteiger partial charge in [0.2, 0.25) is 5.88 Å². The van der Waals surface area contributed by atoms with Crippen molar-refractivity contribution in [3.8, 4) is 28.6 Å². The minimum atomic E-state index is -0.368. The predicted molar refractivity (Wildman–Crippen MR) is 107 cm³/mol. The summed E-state index contributed by atoms with van der Waals surface area (Å²) in [5.41, 5.74) is 1.96. The van der Waals surface area contributed by atoms with E-state index in [0.29, 0.717) is 42.0 Å². The van der Waals surface area contributed by atoms with Crippen LogP contribution in [-0.2, 0) is 0 Å². The first-order valence-electron chi connectivity index (χ1n) is 9.34. The Morgan fingerprint density at radius 3 is 2.57 bits per heavy atom. The van der Waals surface area contributed by atoms with E-state index < -0.39 is 0 Å². The molecule has 9 heteroatoms. The molecule has 1 aliphatic rings. The van der Waals surface area contributed by atoms with E-state index in [0.717, 1.165) is 5.56 Å². The molecule has 0 radical (unpaired) electrons. The highest BCUT2D eigenvalue weighted by atomic mass is 19.1. The van der Waals surface area contributed by atoms with Gasteiger partial charge in [-0.2, -0.15) is 0 Å². The highest BCUT2D eigenvalue weighted by Gasteiger charge is 2.12. The molecule has 0 saturated carbocycles. The number of carbonyl (C=O) groups is 1. The largest absolute Gasteiger partial charge is 0.486 e. The van der Waals surface area contributed by atoms with Gasteiger partial charge in [0.15, 0.2) is 11.5 Å². The number of fused-ring (bicyclic) bond motifs is 1. The number of nitrogens with zero attached hydrogens (tertiary/aromatic N) is 2. The molecule has 0 spiro atoms. The molecule has 8 nitrogen and oxygen atoms in total. The zero-order valence-electron chi connectivity index (χ0n) is 15.9. The Morgan fingerprint density at radius 2 is 1.80 bits per heavy atom. The third-order valence-corrected chi connectivity index (χ3v) is 4.22. The van der Waals surface area contributed by atoms with Crippen LogP contribution in [0, 0.1) is 5.82 Å². The third-order valence-electron chi connectivity index (χ3n) is 4.22. The van der Waals surface area contributed by atoms with Crippen LogP contribution in [0.2, 0.25) is 0 Å². The monoisotopic (exact) mass is 410 g/mol. The second-order valence-corrected chi connectivity index (χ2v) is 6.35. The molecule has 2 aromatic carbocycles. The van der Waals surface area contributed by atoms with Crippen molar-refractivity contribution in [1.29, 1.82) is 0 Å². The lowest BCUT2D eigenvalue weighted by atomic mass is 10.1. The van der Waals surface area contributed by atoms with Gasteiger partial charge in [-0.25, -0.2) is 9.18 Å². The summed E-state index contributed by atoms with van der Waals surface area (Å²) in [5, 5.41) is 13.5. The molecule has 3 aromatic rings. The number of halogens is 1. The SMILES string of the molecule is O=C(NCCOc1ccc(-c2ccc(F)cc2)nn1)Nc1ccc2c(c1)OCCO2. The molecular formula is C21H19FN4O4. The number of ether oxygens (including phenoxy) is 3. The van der Waals surface area contributed by atoms with Crippen LogP contribution in [0.3, 0.4) is 0 Å². The predicted octanol–water partition coefficient (Wildman–Crippen LogP) is 3.25. The van der Waals surface area contributed by atoms with Crippen LogP contribution >= 0.6 is 0 Å². The number of anilines is 1. The highest BCUT2D eigenvalue weighted by molar-refractivity contribution is 5.89. The van der Waals surface area contributed by atoms with Gasteiger partial charge in [0.1, 0.15) is 25.6 Å². The second kappa shape index (κ2) is 9.08. The van der Waals surface area contributed by atoms with Gasteiger partial charge in [-0.3, -0.25) is 0 Å². The molecule has 2 N–H and O–H groups in total. The van der Waals surface area contributed by atoms with E-state index in [-0.39, 0.29) is 25.0 Å². The van der Waals surface area contributed by atoms with Gasteiger partial charge in [0.25, 0.3) is 0 Å². The van der Waals surface area contributed by atoms with Crippen LogP contribution in [0.15, 0.2) is 54.6 Å². The first-order valence-corrected chi connectivity index (χ1v) is 9.34. The van der Waals surface area contributed by atoms with E-state index in [1.807, 2.05) is 0 Å². The Hall–Kier alpha value is -3.88. The number of hydrogen-bond donors (Lipinski definition) is 2. The Kier molecular flexibility index (Phi) is 5.88. The van der Waals surface area contributed by atoms with Crippen molar-refractivity contribution >= 4 is 11.7 Å². The fraction of sp³-hybridized carbons (Fsp3) is 0.190. The first-order chi connectivity index (χ1) is 14.7. The van der Waals surface area contributed by atoms with E-state index in [4.69, 9.17) is 14.2 Å². The molecule has 30 heavy (non-hydrogen) atoms. The molecular weight excluding hydrogens is 391 g/mol. The summed E-state index contributed by atoms with van der Waals surface area (Å²) in [6.45, 7) is 1.49. The molecule has 0 aliphatic carbocycles. The van der Waals surface area contributed by atoms with Gasteiger partial charge < -0.3 is 24.8 Å². The molecule has 0 unspecified atom stereocenters. The van der Waals surface area contributed by atoms with Crippen LogP contribution < -0.4 is 24.8 Å². The summed E-state index contributed by atoms with van der Waals surface area (Å²) in [5.74, 6) is 1.28. The van der Waals surface area contributed by atoms with E-state index in [2.05, 4.69) is 20.8 Å². The van der Waals surface area contributed by atoms with Crippen LogP contribution in [0.4, 0.5) is 14.9 Å². The molecule has 2 heterocycles. The smallest absolute Gasteiger partial charge is 0.319 e. The molecule has 0 saturated heterocycles. The normalized spacial score (nSPS) is 12.2. The molecule has 2 amide bonds. The molecule has 1 aliphatic heterocycles. The Labute approximate surface area is 172 Å². The fourth-order valence-corrected chi connectivity index (χ4v) is 2.79. The zero-order chi connectivity index (χ0) is 20.8. The molecule has 4 rings (SSSR count). The second-order valence-electron chi connectivity index (χ2n) is 6.35. The van der Waals surface area contributed by atoms with Crippen LogP contribution in [0.25, 0.3) is 11.3 Å². The minimum absolute atomic E-state index is 0.221. The van der Waals surface area contributed by atoms with Crippen molar-refractivity contribution in [2.75, 3.05) is 31.7 Å². The fourth-order valence-electron chi connectivity index (χ4n) is 2.79. The first kappa shape index (κ1) is 19.4. The van der Waals surface area contributed by atoms with E-state index >= 15 is 0 Å². The van der Waals surface area contributed by atoms with Gasteiger partial charge >= 0.3 is 6.03 Å². The van der Waals surface area contributed by atoms with E-state index in [9.17, 15) is 9.18 Å². The van der Waals surface area contributed by atoms with Crippen LogP contribution in [-0.4, -0.2) is 42.6 Å².